The second-order valence-corrected chi connectivity index (χ2v) is 7.60. The third kappa shape index (κ3) is 3.83. The highest BCUT2D eigenvalue weighted by Gasteiger charge is 2.31. The van der Waals surface area contributed by atoms with Gasteiger partial charge in [0.1, 0.15) is 0 Å². The zero-order chi connectivity index (χ0) is 22.1. The fourth-order valence-corrected chi connectivity index (χ4v) is 3.83. The van der Waals surface area contributed by atoms with Crippen molar-refractivity contribution in [3.8, 4) is 0 Å². The summed E-state index contributed by atoms with van der Waals surface area (Å²) in [5.74, 6) is -3.20. The van der Waals surface area contributed by atoms with Crippen LogP contribution in [0, 0.1) is 11.6 Å². The van der Waals surface area contributed by atoms with Gasteiger partial charge in [0.15, 0.2) is 11.6 Å². The number of nitrogens with one attached hydrogen (secondary N) is 1. The number of hydrogen-bond acceptors (Lipinski definition) is 3. The molecule has 1 amide bonds. The normalized spacial score (nSPS) is 15.9. The molecule has 5 nitrogen and oxygen atoms in total. The molecule has 0 saturated heterocycles. The van der Waals surface area contributed by atoms with Crippen LogP contribution < -0.4 is 0 Å². The van der Waals surface area contributed by atoms with Gasteiger partial charge in [0.05, 0.1) is 17.9 Å². The number of amides is 1. The zero-order valence-corrected chi connectivity index (χ0v) is 17.2. The zero-order valence-electron chi connectivity index (χ0n) is 17.2. The SMILES string of the molecule is CCCOC(=O)C1=CN(C(=O)c2ccc(F)c(F)c2)C(C)Cc2c1[nH]c1ccccc21. The van der Waals surface area contributed by atoms with E-state index >= 15 is 0 Å². The lowest BCUT2D eigenvalue weighted by Gasteiger charge is -2.25. The van der Waals surface area contributed by atoms with Gasteiger partial charge in [0, 0.05) is 28.7 Å². The topological polar surface area (TPSA) is 62.4 Å². The predicted molar refractivity (Wildman–Crippen MR) is 113 cm³/mol. The summed E-state index contributed by atoms with van der Waals surface area (Å²) in [5.41, 5.74) is 2.62. The van der Waals surface area contributed by atoms with Crippen LogP contribution in [0.15, 0.2) is 48.7 Å². The minimum absolute atomic E-state index is 0.00121. The number of rotatable bonds is 4. The first kappa shape index (κ1) is 20.8. The molecule has 1 atom stereocenters. The summed E-state index contributed by atoms with van der Waals surface area (Å²) in [6.07, 6.45) is 2.58. The summed E-state index contributed by atoms with van der Waals surface area (Å²) in [5, 5.41) is 0.959. The van der Waals surface area contributed by atoms with Gasteiger partial charge in [-0.2, -0.15) is 0 Å². The van der Waals surface area contributed by atoms with Crippen molar-refractivity contribution in [2.45, 2.75) is 32.7 Å². The van der Waals surface area contributed by atoms with E-state index in [0.717, 1.165) is 28.6 Å². The van der Waals surface area contributed by atoms with Crippen LogP contribution in [0.25, 0.3) is 16.5 Å². The van der Waals surface area contributed by atoms with Crippen LogP contribution in [-0.2, 0) is 16.0 Å². The second kappa shape index (κ2) is 8.34. The van der Waals surface area contributed by atoms with Crippen molar-refractivity contribution in [3.63, 3.8) is 0 Å². The smallest absolute Gasteiger partial charge is 0.341 e. The molecule has 3 aromatic rings. The Balaban J connectivity index is 1.82. The number of para-hydroxylation sites is 1. The molecule has 160 valence electrons. The number of H-pyrrole nitrogens is 1. The van der Waals surface area contributed by atoms with E-state index in [1.165, 1.54) is 17.2 Å². The number of aromatic nitrogens is 1. The Kier molecular flexibility index (Phi) is 5.59. The van der Waals surface area contributed by atoms with E-state index in [2.05, 4.69) is 4.98 Å². The predicted octanol–water partition coefficient (Wildman–Crippen LogP) is 4.83. The summed E-state index contributed by atoms with van der Waals surface area (Å²) < 4.78 is 32.4. The maximum absolute atomic E-state index is 13.7. The number of fused-ring (bicyclic) bond motifs is 3. The molecular formula is C24H22F2N2O3. The lowest BCUT2D eigenvalue weighted by Crippen LogP contribution is -2.35. The molecule has 0 fully saturated rings. The minimum Gasteiger partial charge on any atom is -0.462 e. The number of carbonyl (C=O) groups excluding carboxylic acids is 2. The number of hydrogen-bond donors (Lipinski definition) is 1. The molecule has 0 aliphatic carbocycles. The highest BCUT2D eigenvalue weighted by molar-refractivity contribution is 6.18. The van der Waals surface area contributed by atoms with Gasteiger partial charge >= 0.3 is 5.97 Å². The van der Waals surface area contributed by atoms with Crippen molar-refractivity contribution in [2.24, 2.45) is 0 Å². The van der Waals surface area contributed by atoms with Crippen LogP contribution in [0.4, 0.5) is 8.78 Å². The van der Waals surface area contributed by atoms with Gasteiger partial charge in [-0.1, -0.05) is 25.1 Å². The molecule has 0 bridgehead atoms. The van der Waals surface area contributed by atoms with E-state index < -0.39 is 23.5 Å². The summed E-state index contributed by atoms with van der Waals surface area (Å²) >= 11 is 0. The van der Waals surface area contributed by atoms with Crippen molar-refractivity contribution in [2.75, 3.05) is 6.61 Å². The first-order valence-corrected chi connectivity index (χ1v) is 10.2. The van der Waals surface area contributed by atoms with Gasteiger partial charge in [0.2, 0.25) is 0 Å². The summed E-state index contributed by atoms with van der Waals surface area (Å²) in [6, 6.07) is 10.4. The molecule has 1 aliphatic heterocycles. The quantitative estimate of drug-likeness (QED) is 0.611. The van der Waals surface area contributed by atoms with Gasteiger partial charge in [-0.15, -0.1) is 0 Å². The third-order valence-corrected chi connectivity index (χ3v) is 5.38. The fourth-order valence-electron chi connectivity index (χ4n) is 3.83. The van der Waals surface area contributed by atoms with Crippen LogP contribution in [0.1, 0.15) is 41.9 Å². The van der Waals surface area contributed by atoms with Crippen LogP contribution in [-0.4, -0.2) is 34.4 Å². The Hall–Kier alpha value is -3.48. The Labute approximate surface area is 178 Å². The lowest BCUT2D eigenvalue weighted by atomic mass is 10.0. The van der Waals surface area contributed by atoms with E-state index in [4.69, 9.17) is 4.74 Å². The highest BCUT2D eigenvalue weighted by Crippen LogP contribution is 2.33. The number of ether oxygens (including phenoxy) is 1. The average molecular weight is 424 g/mol. The van der Waals surface area contributed by atoms with Crippen LogP contribution in [0.3, 0.4) is 0 Å². The molecule has 7 heteroatoms. The van der Waals surface area contributed by atoms with E-state index in [1.807, 2.05) is 38.1 Å². The molecule has 1 aliphatic rings. The Morgan fingerprint density at radius 1 is 1.16 bits per heavy atom. The molecule has 2 heterocycles. The summed E-state index contributed by atoms with van der Waals surface area (Å²) in [7, 11) is 0. The van der Waals surface area contributed by atoms with Crippen molar-refractivity contribution in [3.05, 3.63) is 77.1 Å². The van der Waals surface area contributed by atoms with Crippen molar-refractivity contribution >= 4 is 28.4 Å². The van der Waals surface area contributed by atoms with Crippen molar-refractivity contribution < 1.29 is 23.1 Å². The Morgan fingerprint density at radius 3 is 2.68 bits per heavy atom. The fraction of sp³-hybridized carbons (Fsp3) is 0.250. The Bertz CT molecular complexity index is 1200. The maximum atomic E-state index is 13.7. The number of nitrogens with zero attached hydrogens (tertiary/aromatic N) is 1. The maximum Gasteiger partial charge on any atom is 0.341 e. The molecule has 0 saturated carbocycles. The third-order valence-electron chi connectivity index (χ3n) is 5.38. The van der Waals surface area contributed by atoms with Crippen molar-refractivity contribution in [1.82, 2.24) is 9.88 Å². The lowest BCUT2D eigenvalue weighted by molar-refractivity contribution is -0.136. The summed E-state index contributed by atoms with van der Waals surface area (Å²) in [4.78, 5) is 30.7. The minimum atomic E-state index is -1.10. The van der Waals surface area contributed by atoms with Crippen LogP contribution in [0.5, 0.6) is 0 Å². The number of esters is 1. The molecule has 0 spiro atoms. The van der Waals surface area contributed by atoms with E-state index in [9.17, 15) is 18.4 Å². The van der Waals surface area contributed by atoms with Crippen molar-refractivity contribution in [1.29, 1.82) is 0 Å². The molecule has 4 rings (SSSR count). The standard InChI is InChI=1S/C24H22F2N2O3/c1-3-10-31-24(30)18-13-28(23(29)15-8-9-19(25)20(26)12-15)14(2)11-17-16-6-4-5-7-21(16)27-22(17)18/h4-9,12-14,27H,3,10-11H2,1-2H3. The van der Waals surface area contributed by atoms with E-state index in [1.54, 1.807) is 0 Å². The number of halogens is 2. The van der Waals surface area contributed by atoms with Crippen LogP contribution in [0.2, 0.25) is 0 Å². The number of aromatic amines is 1. The molecule has 31 heavy (non-hydrogen) atoms. The molecular weight excluding hydrogens is 402 g/mol. The van der Waals surface area contributed by atoms with Gasteiger partial charge in [-0.05, 0) is 49.6 Å². The molecule has 1 unspecified atom stereocenters. The second-order valence-electron chi connectivity index (χ2n) is 7.60. The van der Waals surface area contributed by atoms with Gasteiger partial charge < -0.3 is 14.6 Å². The number of carbonyl (C=O) groups is 2. The van der Waals surface area contributed by atoms with E-state index in [0.29, 0.717) is 18.5 Å². The molecule has 1 aromatic heterocycles. The summed E-state index contributed by atoms with van der Waals surface area (Å²) in [6.45, 7) is 3.99. The molecule has 0 radical (unpaired) electrons. The first-order valence-electron chi connectivity index (χ1n) is 10.2. The van der Waals surface area contributed by atoms with E-state index in [-0.39, 0.29) is 23.8 Å². The van der Waals surface area contributed by atoms with Gasteiger partial charge in [-0.25, -0.2) is 13.6 Å². The Morgan fingerprint density at radius 2 is 1.94 bits per heavy atom. The van der Waals surface area contributed by atoms with Crippen LogP contribution >= 0.6 is 0 Å². The largest absolute Gasteiger partial charge is 0.462 e. The number of benzene rings is 2. The average Bonchev–Trinajstić information content (AvgIpc) is 3.04. The molecule has 1 N–H and O–H groups in total. The first-order chi connectivity index (χ1) is 14.9. The highest BCUT2D eigenvalue weighted by atomic mass is 19.2. The molecule has 2 aromatic carbocycles. The van der Waals surface area contributed by atoms with Gasteiger partial charge in [-0.3, -0.25) is 4.79 Å². The monoisotopic (exact) mass is 424 g/mol. The van der Waals surface area contributed by atoms with Gasteiger partial charge in [0.25, 0.3) is 5.91 Å².